The Labute approximate surface area is 181 Å². The van der Waals surface area contributed by atoms with Crippen LogP contribution in [0.3, 0.4) is 0 Å². The van der Waals surface area contributed by atoms with E-state index < -0.39 is 15.8 Å². The van der Waals surface area contributed by atoms with Crippen LogP contribution in [0.1, 0.15) is 0 Å². The first kappa shape index (κ1) is 20.8. The Morgan fingerprint density at radius 3 is 2.65 bits per heavy atom. The van der Waals surface area contributed by atoms with Crippen LogP contribution < -0.4 is 15.2 Å². The number of pyridine rings is 1. The monoisotopic (exact) mass is 459 g/mol. The van der Waals surface area contributed by atoms with Crippen molar-refractivity contribution in [2.24, 2.45) is 0 Å². The van der Waals surface area contributed by atoms with Gasteiger partial charge in [0.25, 0.3) is 10.0 Å². The Balaban J connectivity index is 1.73. The summed E-state index contributed by atoms with van der Waals surface area (Å²) in [6.45, 7) is 0. The number of nitrogens with two attached hydrogens (primary N) is 1. The molecule has 11 heteroatoms. The maximum Gasteiger partial charge on any atom is 0.267 e. The average molecular weight is 460 g/mol. The number of aromatic nitrogens is 3. The van der Waals surface area contributed by atoms with Gasteiger partial charge in [-0.3, -0.25) is 4.72 Å². The number of halogens is 2. The minimum absolute atomic E-state index is 0.0191. The zero-order valence-corrected chi connectivity index (χ0v) is 17.6. The fourth-order valence-electron chi connectivity index (χ4n) is 3.01. The van der Waals surface area contributed by atoms with Crippen molar-refractivity contribution >= 4 is 44.2 Å². The molecule has 0 bridgehead atoms. The largest absolute Gasteiger partial charge is 0.480 e. The van der Waals surface area contributed by atoms with E-state index in [1.165, 1.54) is 31.5 Å². The van der Waals surface area contributed by atoms with E-state index in [0.717, 1.165) is 6.07 Å². The van der Waals surface area contributed by atoms with E-state index in [9.17, 15) is 12.8 Å². The molecule has 2 aromatic heterocycles. The zero-order valence-electron chi connectivity index (χ0n) is 16.0. The van der Waals surface area contributed by atoms with Gasteiger partial charge in [0, 0.05) is 17.8 Å². The van der Waals surface area contributed by atoms with Crippen LogP contribution in [0, 0.1) is 5.82 Å². The molecule has 0 aliphatic carbocycles. The van der Waals surface area contributed by atoms with Crippen molar-refractivity contribution in [3.63, 3.8) is 0 Å². The number of nitrogen functional groups attached to an aromatic ring is 1. The van der Waals surface area contributed by atoms with Crippen molar-refractivity contribution in [2.45, 2.75) is 4.90 Å². The molecule has 0 saturated carbocycles. The van der Waals surface area contributed by atoms with E-state index in [1.807, 2.05) is 0 Å². The third kappa shape index (κ3) is 4.35. The lowest BCUT2D eigenvalue weighted by Crippen LogP contribution is -2.15. The molecule has 4 aromatic rings. The molecule has 0 unspecified atom stereocenters. The molecule has 0 fully saturated rings. The van der Waals surface area contributed by atoms with Crippen LogP contribution in [-0.4, -0.2) is 30.5 Å². The number of benzene rings is 2. The van der Waals surface area contributed by atoms with Gasteiger partial charge in [-0.05, 0) is 47.5 Å². The van der Waals surface area contributed by atoms with Gasteiger partial charge in [-0.15, -0.1) is 0 Å². The van der Waals surface area contributed by atoms with Crippen molar-refractivity contribution in [1.82, 2.24) is 15.0 Å². The maximum absolute atomic E-state index is 14.3. The predicted molar refractivity (Wildman–Crippen MR) is 116 cm³/mol. The molecule has 0 saturated heterocycles. The van der Waals surface area contributed by atoms with Gasteiger partial charge in [0.2, 0.25) is 11.8 Å². The molecule has 2 heterocycles. The van der Waals surface area contributed by atoms with Crippen LogP contribution in [0.25, 0.3) is 22.0 Å². The highest BCUT2D eigenvalue weighted by Gasteiger charge is 2.22. The van der Waals surface area contributed by atoms with Gasteiger partial charge in [0.1, 0.15) is 5.82 Å². The molecule has 158 valence electrons. The molecule has 0 aliphatic heterocycles. The second-order valence-corrected chi connectivity index (χ2v) is 8.58. The predicted octanol–water partition coefficient (Wildman–Crippen LogP) is 3.88. The van der Waals surface area contributed by atoms with E-state index in [0.29, 0.717) is 22.0 Å². The van der Waals surface area contributed by atoms with Gasteiger partial charge in [0.05, 0.1) is 23.3 Å². The second-order valence-electron chi connectivity index (χ2n) is 6.50. The van der Waals surface area contributed by atoms with Crippen molar-refractivity contribution in [2.75, 3.05) is 17.6 Å². The summed E-state index contributed by atoms with van der Waals surface area (Å²) < 4.78 is 47.4. The lowest BCUT2D eigenvalue weighted by molar-refractivity contribution is 0.385. The SMILES string of the molecule is COc1ncc(Cl)cc1S(=O)(=O)Nc1cc(F)cc(-c2ccc3nc(N)ncc3c2)c1. The van der Waals surface area contributed by atoms with Crippen LogP contribution in [0.4, 0.5) is 16.0 Å². The van der Waals surface area contributed by atoms with E-state index in [1.54, 1.807) is 24.4 Å². The Hall–Kier alpha value is -3.50. The standard InChI is InChI=1S/C20H15ClFN5O3S/c1-30-19-18(7-14(21)10-24-19)31(28,29)27-16-6-12(5-15(22)8-16)11-2-3-17-13(4-11)9-25-20(23)26-17/h2-10,27H,1H3,(H2,23,25,26). The highest BCUT2D eigenvalue weighted by Crippen LogP contribution is 2.30. The number of nitrogens with zero attached hydrogens (tertiary/aromatic N) is 3. The van der Waals surface area contributed by atoms with Gasteiger partial charge in [-0.2, -0.15) is 0 Å². The third-order valence-corrected chi connectivity index (χ3v) is 5.93. The van der Waals surface area contributed by atoms with E-state index in [4.69, 9.17) is 22.1 Å². The molecule has 3 N–H and O–H groups in total. The quantitative estimate of drug-likeness (QED) is 0.464. The van der Waals surface area contributed by atoms with Crippen LogP contribution in [0.5, 0.6) is 5.88 Å². The van der Waals surface area contributed by atoms with Crippen LogP contribution in [-0.2, 0) is 10.0 Å². The fourth-order valence-corrected chi connectivity index (χ4v) is 4.42. The summed E-state index contributed by atoms with van der Waals surface area (Å²) in [7, 11) is -2.87. The van der Waals surface area contributed by atoms with Crippen molar-refractivity contribution in [3.05, 3.63) is 65.7 Å². The molecule has 0 atom stereocenters. The number of ether oxygens (including phenoxy) is 1. The smallest absolute Gasteiger partial charge is 0.267 e. The van der Waals surface area contributed by atoms with Crippen molar-refractivity contribution in [1.29, 1.82) is 0 Å². The first-order valence-corrected chi connectivity index (χ1v) is 10.7. The Bertz CT molecular complexity index is 1420. The number of sulfonamides is 1. The lowest BCUT2D eigenvalue weighted by Gasteiger charge is -2.12. The van der Waals surface area contributed by atoms with E-state index >= 15 is 0 Å². The number of rotatable bonds is 5. The Morgan fingerprint density at radius 2 is 1.87 bits per heavy atom. The molecule has 0 radical (unpaired) electrons. The van der Waals surface area contributed by atoms with Crippen LogP contribution in [0.15, 0.2) is 59.8 Å². The zero-order chi connectivity index (χ0) is 22.2. The van der Waals surface area contributed by atoms with Gasteiger partial charge in [-0.1, -0.05) is 17.7 Å². The first-order valence-electron chi connectivity index (χ1n) is 8.81. The number of nitrogens with one attached hydrogen (secondary N) is 1. The average Bonchev–Trinajstić information content (AvgIpc) is 2.72. The maximum atomic E-state index is 14.3. The molecule has 4 rings (SSSR count). The highest BCUT2D eigenvalue weighted by molar-refractivity contribution is 7.92. The highest BCUT2D eigenvalue weighted by atomic mass is 35.5. The normalized spacial score (nSPS) is 11.5. The number of fused-ring (bicyclic) bond motifs is 1. The molecule has 2 aromatic carbocycles. The summed E-state index contributed by atoms with van der Waals surface area (Å²) in [6.07, 6.45) is 2.82. The molecular weight excluding hydrogens is 445 g/mol. The number of methoxy groups -OCH3 is 1. The Morgan fingerprint density at radius 1 is 1.06 bits per heavy atom. The fraction of sp³-hybridized carbons (Fsp3) is 0.0500. The molecule has 0 aliphatic rings. The molecule has 0 amide bonds. The third-order valence-electron chi connectivity index (χ3n) is 4.35. The molecule has 8 nitrogen and oxygen atoms in total. The van der Waals surface area contributed by atoms with Crippen molar-refractivity contribution in [3.8, 4) is 17.0 Å². The lowest BCUT2D eigenvalue weighted by atomic mass is 10.0. The topological polar surface area (TPSA) is 120 Å². The van der Waals surface area contributed by atoms with Crippen molar-refractivity contribution < 1.29 is 17.5 Å². The van der Waals surface area contributed by atoms with Gasteiger partial charge >= 0.3 is 0 Å². The minimum atomic E-state index is -4.16. The summed E-state index contributed by atoms with van der Waals surface area (Å²) >= 11 is 5.88. The number of hydrogen-bond donors (Lipinski definition) is 2. The molecular formula is C20H15ClFN5O3S. The van der Waals surface area contributed by atoms with Crippen LogP contribution >= 0.6 is 11.6 Å². The van der Waals surface area contributed by atoms with Gasteiger partial charge in [0.15, 0.2) is 4.90 Å². The first-order chi connectivity index (χ1) is 14.7. The number of hydrogen-bond acceptors (Lipinski definition) is 7. The number of anilines is 2. The summed E-state index contributed by atoms with van der Waals surface area (Å²) in [5.41, 5.74) is 7.34. The Kier molecular flexibility index (Phi) is 5.34. The van der Waals surface area contributed by atoms with Gasteiger partial charge in [-0.25, -0.2) is 27.8 Å². The summed E-state index contributed by atoms with van der Waals surface area (Å²) in [6, 6.07) is 10.3. The second kappa shape index (κ2) is 7.97. The van der Waals surface area contributed by atoms with Gasteiger partial charge < -0.3 is 10.5 Å². The summed E-state index contributed by atoms with van der Waals surface area (Å²) in [4.78, 5) is 11.7. The van der Waals surface area contributed by atoms with Crippen LogP contribution in [0.2, 0.25) is 5.02 Å². The molecule has 0 spiro atoms. The van der Waals surface area contributed by atoms with E-state index in [-0.39, 0.29) is 27.4 Å². The minimum Gasteiger partial charge on any atom is -0.480 e. The summed E-state index contributed by atoms with van der Waals surface area (Å²) in [5, 5.41) is 0.813. The summed E-state index contributed by atoms with van der Waals surface area (Å²) in [5.74, 6) is -0.615. The van der Waals surface area contributed by atoms with E-state index in [2.05, 4.69) is 19.7 Å². The molecule has 31 heavy (non-hydrogen) atoms.